The van der Waals surface area contributed by atoms with Crippen LogP contribution in [0.25, 0.3) is 0 Å². The van der Waals surface area contributed by atoms with Gasteiger partial charge in [-0.15, -0.1) is 0 Å². The number of benzene rings is 2. The van der Waals surface area contributed by atoms with Crippen LogP contribution < -0.4 is 10.1 Å². The molecule has 3 amide bonds. The third kappa shape index (κ3) is 4.41. The van der Waals surface area contributed by atoms with E-state index in [1.165, 1.54) is 4.90 Å². The van der Waals surface area contributed by atoms with Gasteiger partial charge in [-0.05, 0) is 36.1 Å². The maximum absolute atomic E-state index is 13.2. The molecular formula is C26H27N3O5. The number of allylic oxidation sites excluding steroid dienone is 1. The average Bonchev–Trinajstić information content (AvgIpc) is 3.21. The average molecular weight is 465 g/mol. The molecule has 5 rings (SSSR count). The molecule has 8 nitrogen and oxygen atoms in total. The van der Waals surface area contributed by atoms with E-state index in [9.17, 15) is 14.4 Å². The maximum atomic E-state index is 13.2. The van der Waals surface area contributed by atoms with Gasteiger partial charge in [0, 0.05) is 29.9 Å². The third-order valence-electron chi connectivity index (χ3n) is 6.30. The summed E-state index contributed by atoms with van der Waals surface area (Å²) in [7, 11) is 0. The summed E-state index contributed by atoms with van der Waals surface area (Å²) in [4.78, 5) is 40.8. The van der Waals surface area contributed by atoms with E-state index in [2.05, 4.69) is 11.9 Å². The SMILES string of the molecule is [2H]c1c([2H])c(OCc2ccc(CN3CCOCC3=O)cc2)c2c(c1[2H])C(=O)N(C1CCC(=C)NC1=O)C2. The largest absolute Gasteiger partial charge is 0.489 e. The van der Waals surface area contributed by atoms with Gasteiger partial charge in [-0.3, -0.25) is 14.4 Å². The Morgan fingerprint density at radius 3 is 2.74 bits per heavy atom. The second-order valence-electron chi connectivity index (χ2n) is 8.61. The van der Waals surface area contributed by atoms with Crippen molar-refractivity contribution < 1.29 is 28.0 Å². The summed E-state index contributed by atoms with van der Waals surface area (Å²) in [6, 6.07) is 5.82. The van der Waals surface area contributed by atoms with Crippen molar-refractivity contribution in [2.24, 2.45) is 0 Å². The van der Waals surface area contributed by atoms with Crippen LogP contribution in [-0.2, 0) is 34.0 Å². The van der Waals surface area contributed by atoms with Crippen LogP contribution in [0.5, 0.6) is 5.75 Å². The first kappa shape index (κ1) is 18.7. The molecule has 3 aliphatic heterocycles. The molecule has 0 aromatic heterocycles. The minimum Gasteiger partial charge on any atom is -0.489 e. The maximum Gasteiger partial charge on any atom is 0.255 e. The third-order valence-corrected chi connectivity index (χ3v) is 6.30. The lowest BCUT2D eigenvalue weighted by Gasteiger charge is -2.31. The van der Waals surface area contributed by atoms with Crippen LogP contribution in [-0.4, -0.2) is 53.3 Å². The van der Waals surface area contributed by atoms with E-state index in [1.807, 2.05) is 24.3 Å². The molecule has 2 aromatic rings. The summed E-state index contributed by atoms with van der Waals surface area (Å²) in [5.41, 5.74) is 2.73. The number of hydrogen-bond acceptors (Lipinski definition) is 5. The van der Waals surface area contributed by atoms with Crippen LogP contribution in [0.1, 0.15) is 44.0 Å². The summed E-state index contributed by atoms with van der Waals surface area (Å²) in [6.07, 6.45) is 0.953. The molecule has 1 N–H and O–H groups in total. The first-order valence-corrected chi connectivity index (χ1v) is 11.2. The first-order chi connectivity index (χ1) is 17.7. The van der Waals surface area contributed by atoms with E-state index < -0.39 is 18.0 Å². The highest BCUT2D eigenvalue weighted by Crippen LogP contribution is 2.34. The quantitative estimate of drug-likeness (QED) is 0.709. The van der Waals surface area contributed by atoms with Crippen LogP contribution in [0, 0.1) is 0 Å². The molecule has 0 bridgehead atoms. The highest BCUT2D eigenvalue weighted by atomic mass is 16.5. The van der Waals surface area contributed by atoms with Gasteiger partial charge in [0.15, 0.2) is 0 Å². The molecule has 2 aromatic carbocycles. The van der Waals surface area contributed by atoms with Gasteiger partial charge >= 0.3 is 0 Å². The predicted octanol–water partition coefficient (Wildman–Crippen LogP) is 2.37. The van der Waals surface area contributed by atoms with Gasteiger partial charge in [-0.25, -0.2) is 0 Å². The molecule has 8 heteroatoms. The van der Waals surface area contributed by atoms with Gasteiger partial charge in [0.25, 0.3) is 5.91 Å². The smallest absolute Gasteiger partial charge is 0.255 e. The molecule has 0 aliphatic carbocycles. The van der Waals surface area contributed by atoms with E-state index >= 15 is 0 Å². The van der Waals surface area contributed by atoms with Crippen molar-refractivity contribution in [1.29, 1.82) is 0 Å². The van der Waals surface area contributed by atoms with Gasteiger partial charge in [0.1, 0.15) is 25.0 Å². The van der Waals surface area contributed by atoms with Gasteiger partial charge in [0.2, 0.25) is 11.8 Å². The standard InChI is InChI=1S/C26H27N3O5/c1-17-5-10-22(25(31)27-17)29-14-21-20(26(29)32)3-2-4-23(21)34-15-19-8-6-18(7-9-19)13-28-11-12-33-16-24(28)30/h2-4,6-9,22H,1,5,10-16H2,(H,27,31)/i2D,3D,4D. The molecule has 176 valence electrons. The van der Waals surface area contributed by atoms with Crippen molar-refractivity contribution in [3.8, 4) is 5.75 Å². The normalized spacial score (nSPS) is 21.6. The zero-order chi connectivity index (χ0) is 26.3. The van der Waals surface area contributed by atoms with Crippen molar-refractivity contribution in [2.75, 3.05) is 19.8 Å². The zero-order valence-corrected chi connectivity index (χ0v) is 18.7. The van der Waals surface area contributed by atoms with Crippen LogP contribution in [0.2, 0.25) is 0 Å². The summed E-state index contributed by atoms with van der Waals surface area (Å²) in [6.45, 7) is 5.54. The summed E-state index contributed by atoms with van der Waals surface area (Å²) in [5, 5.41) is 2.68. The second kappa shape index (κ2) is 9.30. The van der Waals surface area contributed by atoms with Crippen molar-refractivity contribution >= 4 is 17.7 Å². The molecule has 2 fully saturated rings. The molecule has 3 aliphatic rings. The number of rotatable bonds is 6. The fraction of sp³-hybridized carbons (Fsp3) is 0.346. The molecule has 34 heavy (non-hydrogen) atoms. The van der Waals surface area contributed by atoms with E-state index in [0.29, 0.717) is 43.8 Å². The molecule has 3 heterocycles. The number of nitrogens with zero attached hydrogens (tertiary/aromatic N) is 2. The number of piperidine rings is 1. The number of amides is 3. The fourth-order valence-electron chi connectivity index (χ4n) is 4.40. The Kier molecular flexibility index (Phi) is 5.13. The van der Waals surface area contributed by atoms with Crippen molar-refractivity contribution in [2.45, 2.75) is 38.6 Å². The molecule has 1 atom stereocenters. The van der Waals surface area contributed by atoms with Crippen molar-refractivity contribution in [1.82, 2.24) is 15.1 Å². The van der Waals surface area contributed by atoms with Crippen molar-refractivity contribution in [3.05, 3.63) is 76.9 Å². The van der Waals surface area contributed by atoms with E-state index in [-0.39, 0.29) is 55.0 Å². The number of carbonyl (C=O) groups excluding carboxylic acids is 3. The molecule has 2 saturated heterocycles. The lowest BCUT2D eigenvalue weighted by Crippen LogP contribution is -2.49. The minimum atomic E-state index is -0.716. The monoisotopic (exact) mass is 464 g/mol. The fourth-order valence-corrected chi connectivity index (χ4v) is 4.40. The van der Waals surface area contributed by atoms with Gasteiger partial charge < -0.3 is 24.6 Å². The summed E-state index contributed by atoms with van der Waals surface area (Å²) in [5.74, 6) is -0.801. The Morgan fingerprint density at radius 1 is 1.18 bits per heavy atom. The summed E-state index contributed by atoms with van der Waals surface area (Å²) >= 11 is 0. The lowest BCUT2D eigenvalue weighted by molar-refractivity contribution is -0.143. The highest BCUT2D eigenvalue weighted by molar-refractivity contribution is 6.02. The molecule has 0 radical (unpaired) electrons. The molecule has 0 spiro atoms. The molecule has 0 saturated carbocycles. The predicted molar refractivity (Wildman–Crippen MR) is 124 cm³/mol. The highest BCUT2D eigenvalue weighted by Gasteiger charge is 2.39. The van der Waals surface area contributed by atoms with E-state index in [0.717, 1.165) is 11.1 Å². The van der Waals surface area contributed by atoms with Gasteiger partial charge in [-0.2, -0.15) is 0 Å². The minimum absolute atomic E-state index is 0.0127. The second-order valence-corrected chi connectivity index (χ2v) is 8.61. The number of morpholine rings is 1. The first-order valence-electron chi connectivity index (χ1n) is 12.7. The number of carbonyl (C=O) groups is 3. The Hall–Kier alpha value is -3.65. The Labute approximate surface area is 202 Å². The van der Waals surface area contributed by atoms with Crippen LogP contribution in [0.4, 0.5) is 0 Å². The van der Waals surface area contributed by atoms with Gasteiger partial charge in [-0.1, -0.05) is 36.9 Å². The zero-order valence-electron chi connectivity index (χ0n) is 21.7. The van der Waals surface area contributed by atoms with Crippen molar-refractivity contribution in [3.63, 3.8) is 0 Å². The molecule has 1 unspecified atom stereocenters. The van der Waals surface area contributed by atoms with Crippen LogP contribution >= 0.6 is 0 Å². The number of hydrogen-bond donors (Lipinski definition) is 1. The van der Waals surface area contributed by atoms with E-state index in [1.54, 1.807) is 4.90 Å². The number of fused-ring (bicyclic) bond motifs is 1. The van der Waals surface area contributed by atoms with E-state index in [4.69, 9.17) is 13.6 Å². The Bertz CT molecular complexity index is 1300. The van der Waals surface area contributed by atoms with Gasteiger partial charge in [0.05, 0.1) is 17.3 Å². The number of nitrogens with one attached hydrogen (secondary N) is 1. The summed E-state index contributed by atoms with van der Waals surface area (Å²) < 4.78 is 36.1. The lowest BCUT2D eigenvalue weighted by atomic mass is 10.0. The number of ether oxygens (including phenoxy) is 2. The Morgan fingerprint density at radius 2 is 1.97 bits per heavy atom. The van der Waals surface area contributed by atoms with Crippen LogP contribution in [0.15, 0.2) is 54.7 Å². The topological polar surface area (TPSA) is 88.2 Å². The molecular weight excluding hydrogens is 434 g/mol. The Balaban J connectivity index is 1.33. The van der Waals surface area contributed by atoms with Crippen LogP contribution in [0.3, 0.4) is 0 Å².